The molecule has 0 heterocycles. The Kier molecular flexibility index (Phi) is 6.36. The van der Waals surface area contributed by atoms with Crippen molar-refractivity contribution in [3.05, 3.63) is 29.8 Å². The molecule has 0 unspecified atom stereocenters. The van der Waals surface area contributed by atoms with Crippen LogP contribution in [-0.2, 0) is 4.74 Å². The molecule has 0 spiro atoms. The van der Waals surface area contributed by atoms with E-state index in [0.717, 1.165) is 17.7 Å². The summed E-state index contributed by atoms with van der Waals surface area (Å²) in [6.45, 7) is 8.03. The molecule has 20 heavy (non-hydrogen) atoms. The van der Waals surface area contributed by atoms with Gasteiger partial charge in [0.05, 0.1) is 13.2 Å². The summed E-state index contributed by atoms with van der Waals surface area (Å²) in [6.07, 6.45) is 0.382. The lowest BCUT2D eigenvalue weighted by Crippen LogP contribution is -2.30. The Morgan fingerprint density at radius 2 is 1.85 bits per heavy atom. The first-order valence-electron chi connectivity index (χ1n) is 7.04. The summed E-state index contributed by atoms with van der Waals surface area (Å²) < 4.78 is 10.6. The molecule has 0 fully saturated rings. The summed E-state index contributed by atoms with van der Waals surface area (Å²) in [7, 11) is 1.62. The van der Waals surface area contributed by atoms with E-state index < -0.39 is 6.09 Å². The fourth-order valence-electron chi connectivity index (χ4n) is 2.21. The van der Waals surface area contributed by atoms with Crippen LogP contribution in [0.4, 0.5) is 4.79 Å². The van der Waals surface area contributed by atoms with Gasteiger partial charge in [0.2, 0.25) is 0 Å². The summed E-state index contributed by atoms with van der Waals surface area (Å²) in [5.41, 5.74) is 0.934. The fraction of sp³-hybridized carbons (Fsp3) is 0.562. The third-order valence-corrected chi connectivity index (χ3v) is 3.05. The van der Waals surface area contributed by atoms with E-state index in [1.54, 1.807) is 7.11 Å². The van der Waals surface area contributed by atoms with E-state index in [4.69, 9.17) is 9.47 Å². The molecule has 0 radical (unpaired) electrons. The van der Waals surface area contributed by atoms with Crippen molar-refractivity contribution in [1.29, 1.82) is 0 Å². The average molecular weight is 279 g/mol. The maximum Gasteiger partial charge on any atom is 0.407 e. The highest BCUT2D eigenvalue weighted by Crippen LogP contribution is 2.24. The number of hydrogen-bond acceptors (Lipinski definition) is 3. The molecule has 0 bridgehead atoms. The highest BCUT2D eigenvalue weighted by atomic mass is 16.6. The monoisotopic (exact) mass is 279 g/mol. The van der Waals surface area contributed by atoms with Crippen molar-refractivity contribution in [3.8, 4) is 5.75 Å². The first-order chi connectivity index (χ1) is 9.43. The molecule has 0 aliphatic heterocycles. The van der Waals surface area contributed by atoms with Gasteiger partial charge >= 0.3 is 6.09 Å². The molecule has 1 aromatic rings. The SMILES string of the molecule is COc1ccccc1[C@H](C)NC(=O)O[C@H](C)CC(C)C. The van der Waals surface area contributed by atoms with Gasteiger partial charge in [0, 0.05) is 5.56 Å². The van der Waals surface area contributed by atoms with Gasteiger partial charge in [-0.15, -0.1) is 0 Å². The van der Waals surface area contributed by atoms with Crippen LogP contribution < -0.4 is 10.1 Å². The van der Waals surface area contributed by atoms with Gasteiger partial charge in [-0.3, -0.25) is 0 Å². The standard InChI is InChI=1S/C16H25NO3/c1-11(2)10-12(3)20-16(18)17-13(4)14-8-6-7-9-15(14)19-5/h6-9,11-13H,10H2,1-5H3,(H,17,18)/t12-,13+/m1/s1. The molecule has 0 aliphatic rings. The highest BCUT2D eigenvalue weighted by molar-refractivity contribution is 5.68. The van der Waals surface area contributed by atoms with Gasteiger partial charge in [-0.05, 0) is 32.3 Å². The van der Waals surface area contributed by atoms with Gasteiger partial charge < -0.3 is 14.8 Å². The van der Waals surface area contributed by atoms with Crippen LogP contribution in [-0.4, -0.2) is 19.3 Å². The predicted octanol–water partition coefficient (Wildman–Crippen LogP) is 3.92. The number of amides is 1. The third kappa shape index (κ3) is 5.11. The number of carbonyl (C=O) groups excluding carboxylic acids is 1. The Labute approximate surface area is 121 Å². The molecule has 0 saturated carbocycles. The van der Waals surface area contributed by atoms with Crippen LogP contribution in [0.3, 0.4) is 0 Å². The number of benzene rings is 1. The first-order valence-corrected chi connectivity index (χ1v) is 7.04. The van der Waals surface area contributed by atoms with E-state index in [-0.39, 0.29) is 12.1 Å². The number of hydrogen-bond donors (Lipinski definition) is 1. The number of para-hydroxylation sites is 1. The summed E-state index contributed by atoms with van der Waals surface area (Å²) in [4.78, 5) is 11.8. The van der Waals surface area contributed by atoms with E-state index in [2.05, 4.69) is 19.2 Å². The molecule has 0 aliphatic carbocycles. The molecule has 2 atom stereocenters. The second kappa shape index (κ2) is 7.78. The molecule has 112 valence electrons. The highest BCUT2D eigenvalue weighted by Gasteiger charge is 2.16. The summed E-state index contributed by atoms with van der Waals surface area (Å²) in [5.74, 6) is 1.26. The quantitative estimate of drug-likeness (QED) is 0.858. The lowest BCUT2D eigenvalue weighted by atomic mass is 10.1. The van der Waals surface area contributed by atoms with Gasteiger partial charge in [0.25, 0.3) is 0 Å². The van der Waals surface area contributed by atoms with Crippen molar-refractivity contribution in [1.82, 2.24) is 5.32 Å². The molecule has 1 rings (SSSR count). The van der Waals surface area contributed by atoms with Crippen LogP contribution in [0.25, 0.3) is 0 Å². The van der Waals surface area contributed by atoms with Gasteiger partial charge in [0.1, 0.15) is 11.9 Å². The van der Waals surface area contributed by atoms with Crippen molar-refractivity contribution < 1.29 is 14.3 Å². The number of nitrogens with one attached hydrogen (secondary N) is 1. The third-order valence-electron chi connectivity index (χ3n) is 3.05. The Morgan fingerprint density at radius 3 is 2.45 bits per heavy atom. The van der Waals surface area contributed by atoms with Crippen LogP contribution >= 0.6 is 0 Å². The Balaban J connectivity index is 2.57. The molecule has 0 aromatic heterocycles. The zero-order chi connectivity index (χ0) is 15.1. The van der Waals surface area contributed by atoms with Crippen molar-refractivity contribution in [2.75, 3.05) is 7.11 Å². The number of rotatable bonds is 6. The topological polar surface area (TPSA) is 47.6 Å². The second-order valence-electron chi connectivity index (χ2n) is 5.45. The minimum atomic E-state index is -0.392. The van der Waals surface area contributed by atoms with Gasteiger partial charge in [0.15, 0.2) is 0 Å². The van der Waals surface area contributed by atoms with Crippen LogP contribution in [0.5, 0.6) is 5.75 Å². The van der Waals surface area contributed by atoms with Crippen LogP contribution in [0.2, 0.25) is 0 Å². The Morgan fingerprint density at radius 1 is 1.20 bits per heavy atom. The maximum atomic E-state index is 11.8. The normalized spacial score (nSPS) is 13.7. The molecular formula is C16H25NO3. The van der Waals surface area contributed by atoms with E-state index >= 15 is 0 Å². The first kappa shape index (κ1) is 16.3. The lowest BCUT2D eigenvalue weighted by molar-refractivity contribution is 0.0929. The number of alkyl carbamates (subject to hydrolysis) is 1. The number of ether oxygens (including phenoxy) is 2. The molecule has 0 saturated heterocycles. The lowest BCUT2D eigenvalue weighted by Gasteiger charge is -2.20. The minimum Gasteiger partial charge on any atom is -0.496 e. The van der Waals surface area contributed by atoms with Gasteiger partial charge in [-0.25, -0.2) is 4.79 Å². The van der Waals surface area contributed by atoms with E-state index in [1.165, 1.54) is 0 Å². The van der Waals surface area contributed by atoms with Crippen molar-refractivity contribution >= 4 is 6.09 Å². The summed E-state index contributed by atoms with van der Waals surface area (Å²) in [5, 5.41) is 2.83. The smallest absolute Gasteiger partial charge is 0.407 e. The van der Waals surface area contributed by atoms with Crippen molar-refractivity contribution in [2.45, 2.75) is 46.3 Å². The van der Waals surface area contributed by atoms with Crippen LogP contribution in [0.15, 0.2) is 24.3 Å². The molecule has 4 nitrogen and oxygen atoms in total. The molecule has 1 aromatic carbocycles. The number of carbonyl (C=O) groups is 1. The van der Waals surface area contributed by atoms with Crippen molar-refractivity contribution in [2.24, 2.45) is 5.92 Å². The largest absolute Gasteiger partial charge is 0.496 e. The van der Waals surface area contributed by atoms with Crippen LogP contribution in [0.1, 0.15) is 45.7 Å². The molecule has 1 amide bonds. The van der Waals surface area contributed by atoms with E-state index in [1.807, 2.05) is 38.1 Å². The Bertz CT molecular complexity index is 431. The average Bonchev–Trinajstić information content (AvgIpc) is 2.37. The van der Waals surface area contributed by atoms with E-state index in [0.29, 0.717) is 5.92 Å². The predicted molar refractivity (Wildman–Crippen MR) is 79.9 cm³/mol. The van der Waals surface area contributed by atoms with Crippen molar-refractivity contribution in [3.63, 3.8) is 0 Å². The van der Waals surface area contributed by atoms with E-state index in [9.17, 15) is 4.79 Å². The van der Waals surface area contributed by atoms with Gasteiger partial charge in [-0.2, -0.15) is 0 Å². The van der Waals surface area contributed by atoms with Crippen LogP contribution in [0, 0.1) is 5.92 Å². The fourth-order valence-corrected chi connectivity index (χ4v) is 2.21. The Hall–Kier alpha value is -1.71. The molecule has 1 N–H and O–H groups in total. The summed E-state index contributed by atoms with van der Waals surface area (Å²) in [6, 6.07) is 7.47. The maximum absolute atomic E-state index is 11.8. The van der Waals surface area contributed by atoms with Gasteiger partial charge in [-0.1, -0.05) is 32.0 Å². The zero-order valence-corrected chi connectivity index (χ0v) is 13.0. The summed E-state index contributed by atoms with van der Waals surface area (Å²) >= 11 is 0. The number of methoxy groups -OCH3 is 1. The minimum absolute atomic E-state index is 0.0835. The molecular weight excluding hydrogens is 254 g/mol. The second-order valence-corrected chi connectivity index (χ2v) is 5.45. The molecule has 4 heteroatoms. The zero-order valence-electron chi connectivity index (χ0n) is 13.0.